The van der Waals surface area contributed by atoms with Crippen LogP contribution >= 0.6 is 0 Å². The van der Waals surface area contributed by atoms with Crippen LogP contribution in [0.1, 0.15) is 54.3 Å². The zero-order valence-corrected chi connectivity index (χ0v) is 15.3. The Bertz CT molecular complexity index is 575. The van der Waals surface area contributed by atoms with Crippen LogP contribution in [0, 0.1) is 20.8 Å². The Hall–Kier alpha value is -1.35. The highest BCUT2D eigenvalue weighted by Crippen LogP contribution is 2.27. The number of rotatable bonds is 4. The number of hydrogen-bond donors (Lipinski definition) is 0. The number of nitrogens with zero attached hydrogens (tertiary/aromatic N) is 3. The van der Waals surface area contributed by atoms with E-state index in [0.717, 1.165) is 19.5 Å². The molecule has 1 atom stereocenters. The summed E-state index contributed by atoms with van der Waals surface area (Å²) in [6.45, 7) is 17.2. The lowest BCUT2D eigenvalue weighted by atomic mass is 9.95. The van der Waals surface area contributed by atoms with Crippen molar-refractivity contribution in [1.82, 2.24) is 14.8 Å². The monoisotopic (exact) mass is 301 g/mol. The van der Waals surface area contributed by atoms with E-state index < -0.39 is 0 Å². The third-order valence-electron chi connectivity index (χ3n) is 5.20. The molecule has 0 saturated carbocycles. The van der Waals surface area contributed by atoms with Crippen molar-refractivity contribution in [1.29, 1.82) is 0 Å². The van der Waals surface area contributed by atoms with Crippen molar-refractivity contribution in [2.24, 2.45) is 0 Å². The van der Waals surface area contributed by atoms with E-state index in [9.17, 15) is 0 Å². The molecule has 3 heteroatoms. The largest absolute Gasteiger partial charge is 0.377 e. The van der Waals surface area contributed by atoms with Crippen molar-refractivity contribution in [2.45, 2.75) is 59.5 Å². The maximum Gasteiger partial charge on any atom is 0.0464 e. The van der Waals surface area contributed by atoms with Gasteiger partial charge in [-0.3, -0.25) is 9.88 Å². The van der Waals surface area contributed by atoms with Gasteiger partial charge in [0, 0.05) is 49.7 Å². The molecule has 0 aromatic carbocycles. The first kappa shape index (κ1) is 17.0. The molecule has 2 rings (SSSR count). The van der Waals surface area contributed by atoms with Crippen molar-refractivity contribution >= 4 is 0 Å². The lowest BCUT2D eigenvalue weighted by molar-refractivity contribution is 0.233. The van der Waals surface area contributed by atoms with Gasteiger partial charge in [-0.25, -0.2) is 0 Å². The lowest BCUT2D eigenvalue weighted by Crippen LogP contribution is -2.34. The Labute approximate surface area is 136 Å². The molecular formula is C19H31N3. The van der Waals surface area contributed by atoms with Gasteiger partial charge in [0.2, 0.25) is 0 Å². The molecule has 2 heterocycles. The van der Waals surface area contributed by atoms with Crippen LogP contribution < -0.4 is 0 Å². The normalized spacial score (nSPS) is 18.9. The molecule has 1 aromatic heterocycles. The van der Waals surface area contributed by atoms with E-state index >= 15 is 0 Å². The van der Waals surface area contributed by atoms with Crippen LogP contribution in [-0.4, -0.2) is 41.5 Å². The van der Waals surface area contributed by atoms with Crippen LogP contribution in [0.3, 0.4) is 0 Å². The van der Waals surface area contributed by atoms with Crippen LogP contribution in [0.15, 0.2) is 12.3 Å². The molecular weight excluding hydrogens is 270 g/mol. The zero-order chi connectivity index (χ0) is 16.6. The Balaban J connectivity index is 2.23. The summed E-state index contributed by atoms with van der Waals surface area (Å²) < 4.78 is 0. The van der Waals surface area contributed by atoms with E-state index in [1.54, 1.807) is 0 Å². The topological polar surface area (TPSA) is 19.4 Å². The first-order valence-corrected chi connectivity index (χ1v) is 8.28. The lowest BCUT2D eigenvalue weighted by Gasteiger charge is -2.26. The Morgan fingerprint density at radius 2 is 1.91 bits per heavy atom. The molecule has 0 N–H and O–H groups in total. The summed E-state index contributed by atoms with van der Waals surface area (Å²) in [5, 5.41) is 0. The summed E-state index contributed by atoms with van der Waals surface area (Å²) in [6, 6.07) is 0.557. The quantitative estimate of drug-likeness (QED) is 0.843. The van der Waals surface area contributed by atoms with Gasteiger partial charge < -0.3 is 4.90 Å². The van der Waals surface area contributed by atoms with E-state index in [0.29, 0.717) is 12.0 Å². The number of aromatic nitrogens is 1. The summed E-state index contributed by atoms with van der Waals surface area (Å²) in [5.74, 6) is 0.482. The van der Waals surface area contributed by atoms with Crippen LogP contribution in [0.5, 0.6) is 0 Å². The van der Waals surface area contributed by atoms with E-state index in [4.69, 9.17) is 4.98 Å². The number of likely N-dealkylation sites (tertiary alicyclic amines) is 1. The minimum Gasteiger partial charge on any atom is -0.377 e. The maximum atomic E-state index is 4.89. The number of likely N-dealkylation sites (N-methyl/N-ethyl adjacent to an activating group) is 2. The van der Waals surface area contributed by atoms with Crippen LogP contribution in [0.2, 0.25) is 0 Å². The van der Waals surface area contributed by atoms with Crippen molar-refractivity contribution in [3.63, 3.8) is 0 Å². The highest BCUT2D eigenvalue weighted by molar-refractivity contribution is 5.39. The Morgan fingerprint density at radius 3 is 2.41 bits per heavy atom. The van der Waals surface area contributed by atoms with Gasteiger partial charge in [0.05, 0.1) is 0 Å². The minimum absolute atomic E-state index is 0.482. The second-order valence-electron chi connectivity index (χ2n) is 7.19. The van der Waals surface area contributed by atoms with Crippen molar-refractivity contribution in [2.75, 3.05) is 20.6 Å². The average Bonchev–Trinajstić information content (AvgIpc) is 2.78. The van der Waals surface area contributed by atoms with E-state index in [-0.39, 0.29) is 0 Å². The van der Waals surface area contributed by atoms with Gasteiger partial charge in [0.15, 0.2) is 0 Å². The van der Waals surface area contributed by atoms with Gasteiger partial charge in [-0.1, -0.05) is 20.4 Å². The summed E-state index contributed by atoms with van der Waals surface area (Å²) in [4.78, 5) is 9.62. The summed E-state index contributed by atoms with van der Waals surface area (Å²) >= 11 is 0. The van der Waals surface area contributed by atoms with Crippen LogP contribution in [0.25, 0.3) is 0 Å². The van der Waals surface area contributed by atoms with Gasteiger partial charge in [-0.15, -0.1) is 0 Å². The van der Waals surface area contributed by atoms with Gasteiger partial charge in [-0.2, -0.15) is 0 Å². The van der Waals surface area contributed by atoms with Gasteiger partial charge in [0.1, 0.15) is 0 Å². The predicted octanol–water partition coefficient (Wildman–Crippen LogP) is 3.78. The van der Waals surface area contributed by atoms with E-state index in [2.05, 4.69) is 65.1 Å². The van der Waals surface area contributed by atoms with Gasteiger partial charge >= 0.3 is 0 Å². The molecule has 0 bridgehead atoms. The molecule has 1 aliphatic heterocycles. The molecule has 1 aromatic rings. The highest BCUT2D eigenvalue weighted by Gasteiger charge is 2.26. The Kier molecular flexibility index (Phi) is 4.96. The molecule has 0 aliphatic carbocycles. The van der Waals surface area contributed by atoms with Crippen molar-refractivity contribution < 1.29 is 0 Å². The molecule has 1 fully saturated rings. The maximum absolute atomic E-state index is 4.89. The molecule has 122 valence electrons. The van der Waals surface area contributed by atoms with Crippen LogP contribution in [0.4, 0.5) is 0 Å². The highest BCUT2D eigenvalue weighted by atomic mass is 15.2. The molecule has 1 aliphatic rings. The molecule has 22 heavy (non-hydrogen) atoms. The summed E-state index contributed by atoms with van der Waals surface area (Å²) in [5.41, 5.74) is 7.84. The Morgan fingerprint density at radius 1 is 1.27 bits per heavy atom. The molecule has 1 saturated heterocycles. The first-order chi connectivity index (χ1) is 10.2. The number of aryl methyl sites for hydroxylation is 1. The molecule has 0 amide bonds. The number of pyridine rings is 1. The zero-order valence-electron chi connectivity index (χ0n) is 15.3. The SMILES string of the molecule is C=C1C[C@H](N(C)Cc2c(C)nc(C(C)C)c(C)c2C)CN1C. The fourth-order valence-corrected chi connectivity index (χ4v) is 3.43. The third-order valence-corrected chi connectivity index (χ3v) is 5.20. The van der Waals surface area contributed by atoms with Crippen molar-refractivity contribution in [3.05, 3.63) is 40.4 Å². The standard InChI is InChI=1S/C19H31N3/c1-12(2)19-15(5)14(4)18(16(6)20-19)11-22(8)17-9-13(3)21(7)10-17/h12,17H,3,9-11H2,1-2,4-8H3/t17-/m0/s1. The summed E-state index contributed by atoms with van der Waals surface area (Å²) in [7, 11) is 4.36. The number of hydrogen-bond acceptors (Lipinski definition) is 3. The first-order valence-electron chi connectivity index (χ1n) is 8.28. The minimum atomic E-state index is 0.482. The smallest absolute Gasteiger partial charge is 0.0464 e. The second kappa shape index (κ2) is 6.41. The molecule has 0 unspecified atom stereocenters. The van der Waals surface area contributed by atoms with Gasteiger partial charge in [-0.05, 0) is 50.4 Å². The summed E-state index contributed by atoms with van der Waals surface area (Å²) in [6.07, 6.45) is 1.07. The van der Waals surface area contributed by atoms with E-state index in [1.165, 1.54) is 33.8 Å². The molecule has 0 radical (unpaired) electrons. The van der Waals surface area contributed by atoms with Crippen molar-refractivity contribution in [3.8, 4) is 0 Å². The van der Waals surface area contributed by atoms with Gasteiger partial charge in [0.25, 0.3) is 0 Å². The third kappa shape index (κ3) is 3.19. The fourth-order valence-electron chi connectivity index (χ4n) is 3.43. The second-order valence-corrected chi connectivity index (χ2v) is 7.19. The molecule has 0 spiro atoms. The predicted molar refractivity (Wildman–Crippen MR) is 94.2 cm³/mol. The average molecular weight is 301 g/mol. The van der Waals surface area contributed by atoms with E-state index in [1.807, 2.05) is 0 Å². The fraction of sp³-hybridized carbons (Fsp3) is 0.632. The van der Waals surface area contributed by atoms with Crippen LogP contribution in [-0.2, 0) is 6.54 Å². The molecule has 3 nitrogen and oxygen atoms in total.